The molecule has 2 aliphatic heterocycles. The van der Waals surface area contributed by atoms with Crippen LogP contribution in [-0.2, 0) is 4.79 Å². The van der Waals surface area contributed by atoms with E-state index in [0.29, 0.717) is 5.02 Å². The zero-order chi connectivity index (χ0) is 20.5. The van der Waals surface area contributed by atoms with Gasteiger partial charge in [-0.15, -0.1) is 12.4 Å². The van der Waals surface area contributed by atoms with E-state index in [9.17, 15) is 4.79 Å². The normalized spacial score (nSPS) is 19.3. The van der Waals surface area contributed by atoms with E-state index < -0.39 is 0 Å². The molecule has 0 bridgehead atoms. The highest BCUT2D eigenvalue weighted by Gasteiger charge is 2.28. The van der Waals surface area contributed by atoms with Gasteiger partial charge in [-0.3, -0.25) is 4.79 Å². The number of nitrogens with zero attached hydrogens (tertiary/aromatic N) is 3. The standard InChI is InChI=1S/C23H26ClN5O.ClH/c24-18-9-8-16(15-17(18)22-26-19-5-1-2-6-20(19)27-22)28-11-4-12-29(14-13-28)23(30)21-7-3-10-25-21;/h1-2,5-6,8-9,15,21,25H,3-4,7,10-14H2,(H,26,27);1H/t21-;/m0./s1. The van der Waals surface area contributed by atoms with Crippen molar-refractivity contribution in [2.75, 3.05) is 37.6 Å². The lowest BCUT2D eigenvalue weighted by atomic mass is 10.1. The van der Waals surface area contributed by atoms with E-state index in [1.807, 2.05) is 35.2 Å². The van der Waals surface area contributed by atoms with Gasteiger partial charge < -0.3 is 20.1 Å². The summed E-state index contributed by atoms with van der Waals surface area (Å²) in [6.07, 6.45) is 3.00. The van der Waals surface area contributed by atoms with Crippen LogP contribution in [0, 0.1) is 0 Å². The fraction of sp³-hybridized carbons (Fsp3) is 0.391. The molecule has 2 fully saturated rings. The third-order valence-corrected chi connectivity index (χ3v) is 6.46. The summed E-state index contributed by atoms with van der Waals surface area (Å²) in [6.45, 7) is 4.26. The van der Waals surface area contributed by atoms with Crippen molar-refractivity contribution in [3.63, 3.8) is 0 Å². The maximum Gasteiger partial charge on any atom is 0.239 e. The number of para-hydroxylation sites is 2. The molecule has 8 heteroatoms. The molecule has 1 amide bonds. The number of hydrogen-bond donors (Lipinski definition) is 2. The number of aromatic amines is 1. The SMILES string of the molecule is Cl.O=C([C@@H]1CCCN1)N1CCCN(c2ccc(Cl)c(-c3nc4ccccc4[nH]3)c2)CC1. The molecule has 0 unspecified atom stereocenters. The highest BCUT2D eigenvalue weighted by atomic mass is 35.5. The number of anilines is 1. The first-order valence-corrected chi connectivity index (χ1v) is 11.1. The van der Waals surface area contributed by atoms with E-state index >= 15 is 0 Å². The molecule has 0 saturated carbocycles. The molecule has 0 radical (unpaired) electrons. The minimum atomic E-state index is 0. The molecule has 2 aromatic carbocycles. The van der Waals surface area contributed by atoms with Crippen molar-refractivity contribution in [3.8, 4) is 11.4 Å². The molecule has 2 aliphatic rings. The number of benzene rings is 2. The predicted molar refractivity (Wildman–Crippen MR) is 128 cm³/mol. The summed E-state index contributed by atoms with van der Waals surface area (Å²) in [6, 6.07) is 14.1. The number of aromatic nitrogens is 2. The highest BCUT2D eigenvalue weighted by molar-refractivity contribution is 6.33. The smallest absolute Gasteiger partial charge is 0.239 e. The first-order chi connectivity index (χ1) is 14.7. The number of H-pyrrole nitrogens is 1. The molecule has 3 heterocycles. The Bertz CT molecular complexity index is 1030. The average molecular weight is 460 g/mol. The lowest BCUT2D eigenvalue weighted by Gasteiger charge is -2.25. The molecule has 5 rings (SSSR count). The third-order valence-electron chi connectivity index (χ3n) is 6.13. The number of amides is 1. The lowest BCUT2D eigenvalue weighted by Crippen LogP contribution is -2.45. The first-order valence-electron chi connectivity index (χ1n) is 10.7. The minimum absolute atomic E-state index is 0. The van der Waals surface area contributed by atoms with Gasteiger partial charge in [0.25, 0.3) is 0 Å². The van der Waals surface area contributed by atoms with Gasteiger partial charge in [0, 0.05) is 37.4 Å². The molecular formula is C23H27Cl2N5O. The molecule has 2 N–H and O–H groups in total. The fourth-order valence-corrected chi connectivity index (χ4v) is 4.69. The second-order valence-electron chi connectivity index (χ2n) is 8.08. The number of imidazole rings is 1. The summed E-state index contributed by atoms with van der Waals surface area (Å²) in [5.41, 5.74) is 3.94. The summed E-state index contributed by atoms with van der Waals surface area (Å²) < 4.78 is 0. The Morgan fingerprint density at radius 2 is 1.94 bits per heavy atom. The molecule has 31 heavy (non-hydrogen) atoms. The molecule has 6 nitrogen and oxygen atoms in total. The number of rotatable bonds is 3. The van der Waals surface area contributed by atoms with Gasteiger partial charge in [0.15, 0.2) is 0 Å². The molecule has 0 spiro atoms. The fourth-order valence-electron chi connectivity index (χ4n) is 4.48. The van der Waals surface area contributed by atoms with E-state index in [-0.39, 0.29) is 24.4 Å². The maximum atomic E-state index is 12.8. The van der Waals surface area contributed by atoms with Crippen LogP contribution in [0.15, 0.2) is 42.5 Å². The Labute approximate surface area is 193 Å². The number of carbonyl (C=O) groups is 1. The van der Waals surface area contributed by atoms with Gasteiger partial charge >= 0.3 is 0 Å². The lowest BCUT2D eigenvalue weighted by molar-refractivity contribution is -0.132. The van der Waals surface area contributed by atoms with Gasteiger partial charge in [-0.25, -0.2) is 4.98 Å². The molecule has 2 saturated heterocycles. The number of hydrogen-bond acceptors (Lipinski definition) is 4. The quantitative estimate of drug-likeness (QED) is 0.618. The van der Waals surface area contributed by atoms with Crippen molar-refractivity contribution in [2.24, 2.45) is 0 Å². The van der Waals surface area contributed by atoms with E-state index in [1.54, 1.807) is 0 Å². The van der Waals surface area contributed by atoms with Gasteiger partial charge in [-0.2, -0.15) is 0 Å². The summed E-state index contributed by atoms with van der Waals surface area (Å²) in [4.78, 5) is 25.2. The Hall–Kier alpha value is -2.28. The molecule has 164 valence electrons. The average Bonchev–Trinajstić information content (AvgIpc) is 3.38. The number of carbonyl (C=O) groups excluding carboxylic acids is 1. The second kappa shape index (κ2) is 9.47. The van der Waals surface area contributed by atoms with Crippen molar-refractivity contribution >= 4 is 46.6 Å². The van der Waals surface area contributed by atoms with Gasteiger partial charge in [0.1, 0.15) is 5.82 Å². The molecule has 0 aliphatic carbocycles. The van der Waals surface area contributed by atoms with Crippen LogP contribution in [-0.4, -0.2) is 59.5 Å². The monoisotopic (exact) mass is 459 g/mol. The van der Waals surface area contributed by atoms with Crippen molar-refractivity contribution in [3.05, 3.63) is 47.5 Å². The van der Waals surface area contributed by atoms with Crippen LogP contribution in [0.2, 0.25) is 5.02 Å². The first kappa shape index (κ1) is 21.9. The van der Waals surface area contributed by atoms with E-state index in [2.05, 4.69) is 27.3 Å². The van der Waals surface area contributed by atoms with Crippen LogP contribution >= 0.6 is 24.0 Å². The Morgan fingerprint density at radius 3 is 2.74 bits per heavy atom. The van der Waals surface area contributed by atoms with Crippen LogP contribution in [0.4, 0.5) is 5.69 Å². The van der Waals surface area contributed by atoms with Crippen molar-refractivity contribution in [1.29, 1.82) is 0 Å². The summed E-state index contributed by atoms with van der Waals surface area (Å²) >= 11 is 6.53. The topological polar surface area (TPSA) is 64.3 Å². The van der Waals surface area contributed by atoms with Gasteiger partial charge in [0.05, 0.1) is 22.1 Å². The van der Waals surface area contributed by atoms with Crippen molar-refractivity contribution in [2.45, 2.75) is 25.3 Å². The van der Waals surface area contributed by atoms with E-state index in [0.717, 1.165) is 80.1 Å². The molecular weight excluding hydrogens is 433 g/mol. The minimum Gasteiger partial charge on any atom is -0.370 e. The summed E-state index contributed by atoms with van der Waals surface area (Å²) in [7, 11) is 0. The van der Waals surface area contributed by atoms with E-state index in [1.165, 1.54) is 0 Å². The maximum absolute atomic E-state index is 12.8. The Morgan fingerprint density at radius 1 is 1.06 bits per heavy atom. The van der Waals surface area contributed by atoms with Crippen LogP contribution in [0.5, 0.6) is 0 Å². The van der Waals surface area contributed by atoms with Crippen LogP contribution in [0.3, 0.4) is 0 Å². The summed E-state index contributed by atoms with van der Waals surface area (Å²) in [5.74, 6) is 1.04. The van der Waals surface area contributed by atoms with E-state index in [4.69, 9.17) is 16.6 Å². The van der Waals surface area contributed by atoms with Crippen LogP contribution in [0.25, 0.3) is 22.4 Å². The Balaban J connectivity index is 0.00000231. The van der Waals surface area contributed by atoms with Gasteiger partial charge in [0.2, 0.25) is 5.91 Å². The van der Waals surface area contributed by atoms with Crippen molar-refractivity contribution in [1.82, 2.24) is 20.2 Å². The van der Waals surface area contributed by atoms with Crippen molar-refractivity contribution < 1.29 is 4.79 Å². The van der Waals surface area contributed by atoms with Crippen LogP contribution in [0.1, 0.15) is 19.3 Å². The zero-order valence-corrected chi connectivity index (χ0v) is 18.9. The van der Waals surface area contributed by atoms with Gasteiger partial charge in [-0.05, 0) is 56.1 Å². The van der Waals surface area contributed by atoms with Crippen LogP contribution < -0.4 is 10.2 Å². The Kier molecular flexibility index (Phi) is 6.70. The largest absolute Gasteiger partial charge is 0.370 e. The second-order valence-corrected chi connectivity index (χ2v) is 8.49. The number of halogens is 2. The zero-order valence-electron chi connectivity index (χ0n) is 17.3. The third kappa shape index (κ3) is 4.52. The molecule has 1 aromatic heterocycles. The number of nitrogens with one attached hydrogen (secondary N) is 2. The number of fused-ring (bicyclic) bond motifs is 1. The highest BCUT2D eigenvalue weighted by Crippen LogP contribution is 2.32. The predicted octanol–water partition coefficient (Wildman–Crippen LogP) is 4.10. The van der Waals surface area contributed by atoms with Gasteiger partial charge in [-0.1, -0.05) is 23.7 Å². The summed E-state index contributed by atoms with van der Waals surface area (Å²) in [5, 5.41) is 4.01. The molecule has 3 aromatic rings. The molecule has 1 atom stereocenters.